The van der Waals surface area contributed by atoms with E-state index in [9.17, 15) is 14.7 Å². The highest BCUT2D eigenvalue weighted by Crippen LogP contribution is 2.42. The van der Waals surface area contributed by atoms with E-state index in [1.807, 2.05) is 6.08 Å². The second-order valence-electron chi connectivity index (χ2n) is 7.17. The fraction of sp³-hybridized carbons (Fsp3) is 0.273. The quantitative estimate of drug-likeness (QED) is 0.531. The molecule has 2 aromatic rings. The molecule has 1 saturated carbocycles. The summed E-state index contributed by atoms with van der Waals surface area (Å²) in [6.07, 6.45) is 7.45. The fourth-order valence-corrected chi connectivity index (χ4v) is 5.43. The Balaban J connectivity index is 1.56. The first kappa shape index (κ1) is 20.3. The smallest absolute Gasteiger partial charge is 0.339 e. The Kier molecular flexibility index (Phi) is 6.13. The van der Waals surface area contributed by atoms with Crippen LogP contribution in [0.15, 0.2) is 51.6 Å². The number of amides is 1. The molecule has 29 heavy (non-hydrogen) atoms. The lowest BCUT2D eigenvalue weighted by Gasteiger charge is -2.12. The van der Waals surface area contributed by atoms with Crippen LogP contribution in [0.3, 0.4) is 0 Å². The van der Waals surface area contributed by atoms with Crippen molar-refractivity contribution in [3.8, 4) is 10.4 Å². The summed E-state index contributed by atoms with van der Waals surface area (Å²) in [6.45, 7) is 0. The lowest BCUT2D eigenvalue weighted by molar-refractivity contribution is -0.112. The second-order valence-corrected chi connectivity index (χ2v) is 9.39. The zero-order chi connectivity index (χ0) is 20.4. The van der Waals surface area contributed by atoms with Crippen molar-refractivity contribution in [1.29, 1.82) is 0 Å². The van der Waals surface area contributed by atoms with Crippen LogP contribution >= 0.6 is 34.7 Å². The number of hydrogen-bond donors (Lipinski definition) is 2. The van der Waals surface area contributed by atoms with Gasteiger partial charge in [-0.05, 0) is 61.1 Å². The molecule has 2 N–H and O–H groups in total. The van der Waals surface area contributed by atoms with Gasteiger partial charge in [0, 0.05) is 10.4 Å². The van der Waals surface area contributed by atoms with Gasteiger partial charge in [0.25, 0.3) is 5.91 Å². The van der Waals surface area contributed by atoms with E-state index in [0.717, 1.165) is 24.8 Å². The molecule has 0 spiro atoms. The number of thioether (sulfide) groups is 1. The predicted octanol–water partition coefficient (Wildman–Crippen LogP) is 6.80. The molecule has 0 atom stereocenters. The summed E-state index contributed by atoms with van der Waals surface area (Å²) in [5, 5.41) is 17.0. The van der Waals surface area contributed by atoms with E-state index in [2.05, 4.69) is 10.7 Å². The number of allylic oxidation sites excluding steroid dienone is 2. The normalized spacial score (nSPS) is 20.6. The number of rotatable bonds is 5. The van der Waals surface area contributed by atoms with Gasteiger partial charge in [-0.2, -0.15) is 0 Å². The van der Waals surface area contributed by atoms with Gasteiger partial charge in [0.1, 0.15) is 5.56 Å². The summed E-state index contributed by atoms with van der Waals surface area (Å²) in [5.41, 5.74) is 2.64. The molecule has 1 amide bonds. The molecule has 4 rings (SSSR count). The van der Waals surface area contributed by atoms with Crippen LogP contribution < -0.4 is 5.32 Å². The van der Waals surface area contributed by atoms with Gasteiger partial charge in [-0.1, -0.05) is 47.1 Å². The molecule has 150 valence electrons. The van der Waals surface area contributed by atoms with Crippen molar-refractivity contribution in [1.82, 2.24) is 0 Å². The van der Waals surface area contributed by atoms with Gasteiger partial charge in [-0.25, -0.2) is 4.79 Å². The number of benzene rings is 1. The second kappa shape index (κ2) is 8.78. The van der Waals surface area contributed by atoms with Crippen LogP contribution in [0.5, 0.6) is 0 Å². The van der Waals surface area contributed by atoms with Crippen LogP contribution in [0.2, 0.25) is 5.02 Å². The van der Waals surface area contributed by atoms with E-state index >= 15 is 0 Å². The number of aromatic carboxylic acids is 1. The van der Waals surface area contributed by atoms with Gasteiger partial charge >= 0.3 is 5.97 Å². The van der Waals surface area contributed by atoms with Crippen LogP contribution in [0.1, 0.15) is 42.5 Å². The van der Waals surface area contributed by atoms with Crippen LogP contribution in [-0.2, 0) is 4.79 Å². The molecule has 1 aliphatic carbocycles. The Labute approximate surface area is 182 Å². The number of carboxylic acid groups (broad SMARTS) is 1. The molecule has 1 aromatic heterocycles. The molecule has 1 aromatic carbocycles. The van der Waals surface area contributed by atoms with Crippen LogP contribution in [0.4, 0.5) is 5.69 Å². The third kappa shape index (κ3) is 4.77. The van der Waals surface area contributed by atoms with Crippen molar-refractivity contribution in [2.75, 3.05) is 5.32 Å². The predicted molar refractivity (Wildman–Crippen MR) is 121 cm³/mol. The third-order valence-electron chi connectivity index (χ3n) is 5.02. The monoisotopic (exact) mass is 445 g/mol. The Hall–Kier alpha value is -2.02. The van der Waals surface area contributed by atoms with Crippen molar-refractivity contribution < 1.29 is 14.7 Å². The van der Waals surface area contributed by atoms with E-state index in [0.29, 0.717) is 26.4 Å². The van der Waals surface area contributed by atoms with Gasteiger partial charge in [0.15, 0.2) is 0 Å². The van der Waals surface area contributed by atoms with Crippen LogP contribution in [-0.4, -0.2) is 17.0 Å². The molecule has 0 unspecified atom stereocenters. The first-order valence-corrected chi connectivity index (χ1v) is 11.6. The molecule has 2 aliphatic rings. The largest absolute Gasteiger partial charge is 0.478 e. The number of halogens is 1. The summed E-state index contributed by atoms with van der Waals surface area (Å²) in [4.78, 5) is 26.0. The summed E-state index contributed by atoms with van der Waals surface area (Å²) < 4.78 is 0. The first-order chi connectivity index (χ1) is 14.0. The highest BCUT2D eigenvalue weighted by atomic mass is 35.5. The number of carboxylic acids is 1. The topological polar surface area (TPSA) is 66.4 Å². The SMILES string of the molecule is O=C(Nc1csc(-c2ccc(Cl)cc2)c1C(=O)O)/C1=C\CCC/C(C2CC2)=C\S1. The Morgan fingerprint density at radius 3 is 2.62 bits per heavy atom. The van der Waals surface area contributed by atoms with E-state index in [1.165, 1.54) is 41.5 Å². The number of anilines is 1. The average molecular weight is 446 g/mol. The summed E-state index contributed by atoms with van der Waals surface area (Å²) in [6, 6.07) is 7.01. The standard InChI is InChI=1S/C22H20ClNO3S2/c23-16-9-7-14(8-10-16)20-19(22(26)27)17(12-29-20)24-21(25)18-4-2-1-3-15(11-28-18)13-5-6-13/h4,7-13H,1-3,5-6H2,(H,24,25)(H,26,27)/b15-11+,18-4+. The maximum atomic E-state index is 12.9. The van der Waals surface area contributed by atoms with E-state index in [-0.39, 0.29) is 11.5 Å². The number of thiophene rings is 1. The van der Waals surface area contributed by atoms with Crippen LogP contribution in [0.25, 0.3) is 10.4 Å². The molecule has 0 bridgehead atoms. The zero-order valence-electron chi connectivity index (χ0n) is 15.6. The van der Waals surface area contributed by atoms with Crippen molar-refractivity contribution >= 4 is 52.3 Å². The Bertz CT molecular complexity index is 1000. The van der Waals surface area contributed by atoms with E-state index in [1.54, 1.807) is 29.6 Å². The lowest BCUT2D eigenvalue weighted by atomic mass is 10.1. The molecule has 7 heteroatoms. The van der Waals surface area contributed by atoms with Gasteiger partial charge in [0.05, 0.1) is 15.5 Å². The molecule has 2 heterocycles. The highest BCUT2D eigenvalue weighted by molar-refractivity contribution is 8.06. The molecule has 1 aliphatic heterocycles. The highest BCUT2D eigenvalue weighted by Gasteiger charge is 2.27. The van der Waals surface area contributed by atoms with Crippen molar-refractivity contribution in [3.05, 3.63) is 62.2 Å². The third-order valence-corrected chi connectivity index (χ3v) is 7.33. The Morgan fingerprint density at radius 1 is 1.17 bits per heavy atom. The summed E-state index contributed by atoms with van der Waals surface area (Å²) >= 11 is 8.68. The number of hydrogen-bond acceptors (Lipinski definition) is 4. The van der Waals surface area contributed by atoms with E-state index < -0.39 is 5.97 Å². The lowest BCUT2D eigenvalue weighted by Crippen LogP contribution is -2.15. The number of nitrogens with one attached hydrogen (secondary N) is 1. The maximum Gasteiger partial charge on any atom is 0.339 e. The molecule has 0 radical (unpaired) electrons. The van der Waals surface area contributed by atoms with Gasteiger partial charge in [-0.3, -0.25) is 4.79 Å². The summed E-state index contributed by atoms with van der Waals surface area (Å²) in [5.74, 6) is -0.629. The zero-order valence-corrected chi connectivity index (χ0v) is 18.0. The molecular weight excluding hydrogens is 426 g/mol. The van der Waals surface area contributed by atoms with Gasteiger partial charge in [0.2, 0.25) is 0 Å². The maximum absolute atomic E-state index is 12.9. The minimum Gasteiger partial charge on any atom is -0.478 e. The number of carbonyl (C=O) groups excluding carboxylic acids is 1. The summed E-state index contributed by atoms with van der Waals surface area (Å²) in [7, 11) is 0. The first-order valence-electron chi connectivity index (χ1n) is 9.50. The molecule has 4 nitrogen and oxygen atoms in total. The minimum absolute atomic E-state index is 0.108. The molecule has 0 saturated heterocycles. The van der Waals surface area contributed by atoms with Gasteiger partial charge < -0.3 is 10.4 Å². The molecule has 1 fully saturated rings. The van der Waals surface area contributed by atoms with Crippen LogP contribution in [0, 0.1) is 5.92 Å². The average Bonchev–Trinajstić information content (AvgIpc) is 3.42. The van der Waals surface area contributed by atoms with Crippen molar-refractivity contribution in [2.24, 2.45) is 5.92 Å². The number of carbonyl (C=O) groups is 2. The van der Waals surface area contributed by atoms with E-state index in [4.69, 9.17) is 11.6 Å². The molecular formula is C22H20ClNO3S2. The van der Waals surface area contributed by atoms with Crippen molar-refractivity contribution in [2.45, 2.75) is 32.1 Å². The Morgan fingerprint density at radius 2 is 1.93 bits per heavy atom. The van der Waals surface area contributed by atoms with Crippen molar-refractivity contribution in [3.63, 3.8) is 0 Å². The minimum atomic E-state index is -1.07. The van der Waals surface area contributed by atoms with Gasteiger partial charge in [-0.15, -0.1) is 11.3 Å². The fourth-order valence-electron chi connectivity index (χ4n) is 3.35.